The monoisotopic (exact) mass is 374 g/mol. The zero-order chi connectivity index (χ0) is 17.4. The number of aromatic nitrogens is 2. The summed E-state index contributed by atoms with van der Waals surface area (Å²) in [5.74, 6) is -0.0656. The van der Waals surface area contributed by atoms with Gasteiger partial charge in [-0.1, -0.05) is 6.07 Å². The fourth-order valence-corrected chi connectivity index (χ4v) is 5.06. The third-order valence-corrected chi connectivity index (χ3v) is 6.41. The van der Waals surface area contributed by atoms with Crippen LogP contribution < -0.4 is 11.3 Å². The van der Waals surface area contributed by atoms with Gasteiger partial charge in [0.25, 0.3) is 5.56 Å². The Balaban J connectivity index is 1.69. The molecular weight excluding hydrogens is 356 g/mol. The lowest BCUT2D eigenvalue weighted by molar-refractivity contribution is -0.132. The summed E-state index contributed by atoms with van der Waals surface area (Å²) in [6.45, 7) is 1.19. The van der Waals surface area contributed by atoms with Gasteiger partial charge >= 0.3 is 0 Å². The smallest absolute Gasteiger partial charge is 0.263 e. The molecule has 0 aliphatic carbocycles. The third kappa shape index (κ3) is 2.90. The van der Waals surface area contributed by atoms with E-state index in [0.717, 1.165) is 23.3 Å². The predicted molar refractivity (Wildman–Crippen MR) is 101 cm³/mol. The van der Waals surface area contributed by atoms with Crippen LogP contribution in [0.15, 0.2) is 34.0 Å². The van der Waals surface area contributed by atoms with E-state index in [9.17, 15) is 9.59 Å². The number of rotatable bonds is 4. The first-order valence-electron chi connectivity index (χ1n) is 8.19. The Morgan fingerprint density at radius 1 is 1.40 bits per heavy atom. The van der Waals surface area contributed by atoms with Crippen LogP contribution in [-0.4, -0.2) is 39.5 Å². The molecule has 1 aliphatic heterocycles. The summed E-state index contributed by atoms with van der Waals surface area (Å²) >= 11 is 3.04. The second kappa shape index (κ2) is 6.70. The highest BCUT2D eigenvalue weighted by molar-refractivity contribution is 7.18. The van der Waals surface area contributed by atoms with E-state index in [1.807, 2.05) is 22.9 Å². The number of hydrogen-bond donors (Lipinski definition) is 1. The van der Waals surface area contributed by atoms with Gasteiger partial charge in [-0.3, -0.25) is 14.2 Å². The van der Waals surface area contributed by atoms with Crippen molar-refractivity contribution in [1.82, 2.24) is 14.5 Å². The highest BCUT2D eigenvalue weighted by atomic mass is 32.1. The van der Waals surface area contributed by atoms with Crippen molar-refractivity contribution >= 4 is 38.8 Å². The van der Waals surface area contributed by atoms with Crippen molar-refractivity contribution in [3.8, 4) is 10.4 Å². The quantitative estimate of drug-likeness (QED) is 0.759. The van der Waals surface area contributed by atoms with Gasteiger partial charge in [0.2, 0.25) is 5.91 Å². The minimum absolute atomic E-state index is 0.0119. The Morgan fingerprint density at radius 3 is 3.04 bits per heavy atom. The Labute approximate surface area is 152 Å². The van der Waals surface area contributed by atoms with Crippen LogP contribution in [0.2, 0.25) is 0 Å². The number of thiophene rings is 2. The number of carbonyl (C=O) groups excluding carboxylic acids is 1. The summed E-state index contributed by atoms with van der Waals surface area (Å²) in [5, 5.41) is 4.54. The molecule has 1 atom stereocenters. The summed E-state index contributed by atoms with van der Waals surface area (Å²) in [6, 6.07) is 4.04. The fraction of sp³-hybridized carbons (Fsp3) is 0.353. The molecule has 1 saturated heterocycles. The number of hydrogen-bond acceptors (Lipinski definition) is 6. The number of likely N-dealkylation sites (tertiary alicyclic amines) is 1. The van der Waals surface area contributed by atoms with Crippen LogP contribution in [0.1, 0.15) is 12.8 Å². The molecule has 6 nitrogen and oxygen atoms in total. The Morgan fingerprint density at radius 2 is 2.28 bits per heavy atom. The van der Waals surface area contributed by atoms with Gasteiger partial charge in [-0.2, -0.15) is 0 Å². The van der Waals surface area contributed by atoms with Gasteiger partial charge in [-0.25, -0.2) is 4.98 Å². The molecule has 3 aromatic rings. The van der Waals surface area contributed by atoms with Crippen LogP contribution in [0.5, 0.6) is 0 Å². The lowest BCUT2D eigenvalue weighted by atomic mass is 10.2. The van der Waals surface area contributed by atoms with E-state index >= 15 is 0 Å². The molecule has 1 aliphatic rings. The average molecular weight is 374 g/mol. The molecule has 3 aromatic heterocycles. The SMILES string of the molecule is NCC1CCCN1C(=O)Cn1cnc2scc(-c3cccs3)c2c1=O. The van der Waals surface area contributed by atoms with Crippen molar-refractivity contribution in [2.45, 2.75) is 25.4 Å². The van der Waals surface area contributed by atoms with Crippen molar-refractivity contribution in [3.63, 3.8) is 0 Å². The number of amides is 1. The maximum Gasteiger partial charge on any atom is 0.263 e. The zero-order valence-corrected chi connectivity index (χ0v) is 15.2. The number of fused-ring (bicyclic) bond motifs is 1. The summed E-state index contributed by atoms with van der Waals surface area (Å²) in [7, 11) is 0. The number of nitrogens with two attached hydrogens (primary N) is 1. The topological polar surface area (TPSA) is 81.2 Å². The van der Waals surface area contributed by atoms with Gasteiger partial charge in [0.15, 0.2) is 0 Å². The summed E-state index contributed by atoms with van der Waals surface area (Å²) in [5.41, 5.74) is 6.49. The Hall–Kier alpha value is -2.03. The van der Waals surface area contributed by atoms with Gasteiger partial charge < -0.3 is 10.6 Å². The van der Waals surface area contributed by atoms with Crippen LogP contribution >= 0.6 is 22.7 Å². The first-order chi connectivity index (χ1) is 12.2. The molecule has 4 rings (SSSR count). The molecule has 130 valence electrons. The standard InChI is InChI=1S/C17H18N4O2S2/c18-7-11-3-1-5-21(11)14(22)8-20-10-19-16-15(17(20)23)12(9-25-16)13-4-2-6-24-13/h2,4,6,9-11H,1,3,5,7-8,18H2. The van der Waals surface area contributed by atoms with Crippen molar-refractivity contribution in [1.29, 1.82) is 0 Å². The summed E-state index contributed by atoms with van der Waals surface area (Å²) in [6.07, 6.45) is 3.37. The molecule has 2 N–H and O–H groups in total. The zero-order valence-electron chi connectivity index (χ0n) is 13.6. The molecule has 1 unspecified atom stereocenters. The highest BCUT2D eigenvalue weighted by Gasteiger charge is 2.28. The molecule has 0 saturated carbocycles. The van der Waals surface area contributed by atoms with E-state index < -0.39 is 0 Å². The van der Waals surface area contributed by atoms with Crippen LogP contribution in [0.25, 0.3) is 20.7 Å². The van der Waals surface area contributed by atoms with E-state index in [1.165, 1.54) is 22.2 Å². The van der Waals surface area contributed by atoms with Gasteiger partial charge in [-0.05, 0) is 24.3 Å². The van der Waals surface area contributed by atoms with E-state index in [1.54, 1.807) is 16.2 Å². The van der Waals surface area contributed by atoms with Crippen molar-refractivity contribution in [2.24, 2.45) is 5.73 Å². The third-order valence-electron chi connectivity index (χ3n) is 4.62. The number of nitrogens with zero attached hydrogens (tertiary/aromatic N) is 3. The number of carbonyl (C=O) groups is 1. The van der Waals surface area contributed by atoms with Crippen molar-refractivity contribution < 1.29 is 4.79 Å². The molecule has 4 heterocycles. The van der Waals surface area contributed by atoms with E-state index in [-0.39, 0.29) is 24.1 Å². The fourth-order valence-electron chi connectivity index (χ4n) is 3.34. The molecule has 0 aromatic carbocycles. The molecule has 0 radical (unpaired) electrons. The normalized spacial score (nSPS) is 17.5. The van der Waals surface area contributed by atoms with E-state index in [4.69, 9.17) is 5.73 Å². The van der Waals surface area contributed by atoms with Crippen LogP contribution in [0, 0.1) is 0 Å². The first-order valence-corrected chi connectivity index (χ1v) is 9.95. The second-order valence-electron chi connectivity index (χ2n) is 6.10. The van der Waals surface area contributed by atoms with Gasteiger partial charge in [-0.15, -0.1) is 22.7 Å². The minimum Gasteiger partial charge on any atom is -0.337 e. The Kier molecular flexibility index (Phi) is 4.41. The highest BCUT2D eigenvalue weighted by Crippen LogP contribution is 2.33. The van der Waals surface area contributed by atoms with Crippen molar-refractivity contribution in [3.05, 3.63) is 39.6 Å². The van der Waals surface area contributed by atoms with Crippen LogP contribution in [0.4, 0.5) is 0 Å². The first kappa shape index (κ1) is 16.4. The van der Waals surface area contributed by atoms with E-state index in [2.05, 4.69) is 4.98 Å². The Bertz CT molecular complexity index is 961. The maximum atomic E-state index is 12.9. The molecule has 25 heavy (non-hydrogen) atoms. The lowest BCUT2D eigenvalue weighted by Gasteiger charge is -2.23. The van der Waals surface area contributed by atoms with Gasteiger partial charge in [0.05, 0.1) is 11.7 Å². The van der Waals surface area contributed by atoms with Crippen LogP contribution in [-0.2, 0) is 11.3 Å². The maximum absolute atomic E-state index is 12.9. The lowest BCUT2D eigenvalue weighted by Crippen LogP contribution is -2.42. The molecule has 1 amide bonds. The largest absolute Gasteiger partial charge is 0.337 e. The van der Waals surface area contributed by atoms with Crippen LogP contribution in [0.3, 0.4) is 0 Å². The van der Waals surface area contributed by atoms with E-state index in [0.29, 0.717) is 23.3 Å². The predicted octanol–water partition coefficient (Wildman–Crippen LogP) is 2.14. The average Bonchev–Trinajstić information content (AvgIpc) is 3.36. The molecule has 0 spiro atoms. The molecule has 1 fully saturated rings. The molecular formula is C17H18N4O2S2. The molecule has 8 heteroatoms. The summed E-state index contributed by atoms with van der Waals surface area (Å²) in [4.78, 5) is 33.5. The molecule has 0 bridgehead atoms. The second-order valence-corrected chi connectivity index (χ2v) is 7.91. The minimum atomic E-state index is -0.161. The van der Waals surface area contributed by atoms with Gasteiger partial charge in [0, 0.05) is 35.0 Å². The van der Waals surface area contributed by atoms with Gasteiger partial charge in [0.1, 0.15) is 11.4 Å². The summed E-state index contributed by atoms with van der Waals surface area (Å²) < 4.78 is 1.42. The van der Waals surface area contributed by atoms with Crippen molar-refractivity contribution in [2.75, 3.05) is 13.1 Å².